The molecule has 0 aliphatic carbocycles. The molecule has 5 nitrogen and oxygen atoms in total. The molecule has 1 aliphatic heterocycles. The van der Waals surface area contributed by atoms with Gasteiger partial charge in [-0.15, -0.1) is 0 Å². The quantitative estimate of drug-likeness (QED) is 0.624. The third kappa shape index (κ3) is 5.87. The van der Waals surface area contributed by atoms with E-state index in [4.69, 9.17) is 9.47 Å². The molecule has 5 heteroatoms. The van der Waals surface area contributed by atoms with E-state index in [1.807, 2.05) is 6.92 Å². The van der Waals surface area contributed by atoms with Crippen LogP contribution in [0, 0.1) is 5.92 Å². The van der Waals surface area contributed by atoms with Crippen LogP contribution in [0.1, 0.15) is 47.5 Å². The van der Waals surface area contributed by atoms with E-state index < -0.39 is 6.10 Å². The fourth-order valence-corrected chi connectivity index (χ4v) is 2.68. The van der Waals surface area contributed by atoms with Crippen molar-refractivity contribution in [1.82, 2.24) is 5.32 Å². The van der Waals surface area contributed by atoms with Crippen molar-refractivity contribution < 1.29 is 19.1 Å². The Hall–Kier alpha value is -1.36. The van der Waals surface area contributed by atoms with Gasteiger partial charge in [-0.2, -0.15) is 0 Å². The Morgan fingerprint density at radius 1 is 1.43 bits per heavy atom. The molecule has 1 aliphatic rings. The SMILES string of the molecule is CC[C@@H]1O[C@H](C)[C@H](NC(=O)/C=C\[C@H](C)OC(C)=O)C[C@@H]1C. The Labute approximate surface area is 127 Å². The van der Waals surface area contributed by atoms with E-state index in [0.717, 1.165) is 12.8 Å². The van der Waals surface area contributed by atoms with Gasteiger partial charge in [0.05, 0.1) is 18.2 Å². The van der Waals surface area contributed by atoms with Crippen molar-refractivity contribution in [3.63, 3.8) is 0 Å². The minimum atomic E-state index is -0.406. The Balaban J connectivity index is 2.47. The Kier molecular flexibility index (Phi) is 6.89. The molecule has 0 radical (unpaired) electrons. The van der Waals surface area contributed by atoms with E-state index in [1.165, 1.54) is 13.0 Å². The summed E-state index contributed by atoms with van der Waals surface area (Å²) in [6.07, 6.45) is 4.77. The number of hydrogen-bond donors (Lipinski definition) is 1. The van der Waals surface area contributed by atoms with Gasteiger partial charge in [0.2, 0.25) is 5.91 Å². The number of rotatable bonds is 5. The number of ether oxygens (including phenoxy) is 2. The Morgan fingerprint density at radius 3 is 2.67 bits per heavy atom. The first kappa shape index (κ1) is 17.7. The normalized spacial score (nSPS) is 30.9. The van der Waals surface area contributed by atoms with Gasteiger partial charge in [0.25, 0.3) is 0 Å². The second kappa shape index (κ2) is 8.17. The van der Waals surface area contributed by atoms with Crippen LogP contribution in [0.5, 0.6) is 0 Å². The van der Waals surface area contributed by atoms with Crippen LogP contribution in [0.2, 0.25) is 0 Å². The first-order chi connectivity index (χ1) is 9.83. The molecular weight excluding hydrogens is 270 g/mol. The number of carbonyl (C=O) groups is 2. The van der Waals surface area contributed by atoms with Gasteiger partial charge in [-0.25, -0.2) is 0 Å². The van der Waals surface area contributed by atoms with Crippen molar-refractivity contribution in [2.75, 3.05) is 0 Å². The highest BCUT2D eigenvalue weighted by Gasteiger charge is 2.32. The van der Waals surface area contributed by atoms with E-state index in [1.54, 1.807) is 13.0 Å². The van der Waals surface area contributed by atoms with E-state index in [2.05, 4.69) is 19.2 Å². The van der Waals surface area contributed by atoms with E-state index in [-0.39, 0.29) is 30.1 Å². The second-order valence-corrected chi connectivity index (χ2v) is 5.79. The van der Waals surface area contributed by atoms with Crippen LogP contribution < -0.4 is 5.32 Å². The molecule has 1 heterocycles. The van der Waals surface area contributed by atoms with Gasteiger partial charge >= 0.3 is 5.97 Å². The van der Waals surface area contributed by atoms with Crippen LogP contribution in [0.15, 0.2) is 12.2 Å². The smallest absolute Gasteiger partial charge is 0.303 e. The maximum absolute atomic E-state index is 11.9. The van der Waals surface area contributed by atoms with Gasteiger partial charge in [0, 0.05) is 13.0 Å². The van der Waals surface area contributed by atoms with E-state index in [9.17, 15) is 9.59 Å². The van der Waals surface area contributed by atoms with Gasteiger partial charge in [-0.1, -0.05) is 13.8 Å². The minimum Gasteiger partial charge on any atom is -0.459 e. The van der Waals surface area contributed by atoms with Crippen molar-refractivity contribution >= 4 is 11.9 Å². The zero-order valence-electron chi connectivity index (χ0n) is 13.6. The maximum Gasteiger partial charge on any atom is 0.303 e. The average Bonchev–Trinajstić information content (AvgIpc) is 2.39. The number of esters is 1. The first-order valence-electron chi connectivity index (χ1n) is 7.64. The fourth-order valence-electron chi connectivity index (χ4n) is 2.68. The van der Waals surface area contributed by atoms with Crippen LogP contribution in [0.3, 0.4) is 0 Å². The molecule has 1 amide bonds. The third-order valence-corrected chi connectivity index (χ3v) is 3.82. The molecule has 0 spiro atoms. The molecule has 0 aromatic carbocycles. The van der Waals surface area contributed by atoms with Gasteiger partial charge < -0.3 is 14.8 Å². The third-order valence-electron chi connectivity index (χ3n) is 3.82. The summed E-state index contributed by atoms with van der Waals surface area (Å²) in [5.74, 6) is -0.113. The lowest BCUT2D eigenvalue weighted by molar-refractivity contribution is -0.143. The molecule has 1 saturated heterocycles. The van der Waals surface area contributed by atoms with Crippen molar-refractivity contribution in [2.45, 2.75) is 71.8 Å². The van der Waals surface area contributed by atoms with Crippen LogP contribution >= 0.6 is 0 Å². The number of carbonyl (C=O) groups excluding carboxylic acids is 2. The highest BCUT2D eigenvalue weighted by atomic mass is 16.5. The molecular formula is C16H27NO4. The standard InChI is InChI=1S/C16H27NO4/c1-6-15-10(2)9-14(12(4)21-15)17-16(19)8-7-11(3)20-13(5)18/h7-8,10-12,14-15H,6,9H2,1-5H3,(H,17,19)/b8-7-/t10-,11-,12+,14+,15-/m0/s1. The molecule has 21 heavy (non-hydrogen) atoms. The number of amides is 1. The summed E-state index contributed by atoms with van der Waals surface area (Å²) < 4.78 is 10.9. The van der Waals surface area contributed by atoms with Crippen molar-refractivity contribution in [3.05, 3.63) is 12.2 Å². The molecule has 5 atom stereocenters. The molecule has 0 unspecified atom stereocenters. The van der Waals surface area contributed by atoms with Crippen molar-refractivity contribution in [2.24, 2.45) is 5.92 Å². The van der Waals surface area contributed by atoms with Crippen LogP contribution in [-0.2, 0) is 19.1 Å². The summed E-state index contributed by atoms with van der Waals surface area (Å²) in [5, 5.41) is 2.96. The average molecular weight is 297 g/mol. The minimum absolute atomic E-state index is 0.00870. The summed E-state index contributed by atoms with van der Waals surface area (Å²) in [6.45, 7) is 9.32. The molecule has 1 N–H and O–H groups in total. The van der Waals surface area contributed by atoms with E-state index in [0.29, 0.717) is 5.92 Å². The lowest BCUT2D eigenvalue weighted by Gasteiger charge is -2.39. The lowest BCUT2D eigenvalue weighted by Crippen LogP contribution is -2.50. The monoisotopic (exact) mass is 297 g/mol. The molecule has 120 valence electrons. The van der Waals surface area contributed by atoms with Crippen LogP contribution in [0.4, 0.5) is 0 Å². The largest absolute Gasteiger partial charge is 0.459 e. The summed E-state index contributed by atoms with van der Waals surface area (Å²) in [5.41, 5.74) is 0. The van der Waals surface area contributed by atoms with Crippen LogP contribution in [0.25, 0.3) is 0 Å². The Bertz CT molecular complexity index is 394. The van der Waals surface area contributed by atoms with Crippen molar-refractivity contribution in [3.8, 4) is 0 Å². The zero-order valence-corrected chi connectivity index (χ0v) is 13.6. The second-order valence-electron chi connectivity index (χ2n) is 5.79. The maximum atomic E-state index is 11.9. The number of nitrogens with one attached hydrogen (secondary N) is 1. The summed E-state index contributed by atoms with van der Waals surface area (Å²) in [4.78, 5) is 22.7. The number of hydrogen-bond acceptors (Lipinski definition) is 4. The summed E-state index contributed by atoms with van der Waals surface area (Å²) in [7, 11) is 0. The van der Waals surface area contributed by atoms with Crippen LogP contribution in [-0.4, -0.2) is 36.2 Å². The lowest BCUT2D eigenvalue weighted by atomic mass is 9.89. The molecule has 1 rings (SSSR count). The molecule has 0 saturated carbocycles. The Morgan fingerprint density at radius 2 is 2.10 bits per heavy atom. The summed E-state index contributed by atoms with van der Waals surface area (Å²) >= 11 is 0. The topological polar surface area (TPSA) is 64.6 Å². The van der Waals surface area contributed by atoms with Gasteiger partial charge in [-0.3, -0.25) is 9.59 Å². The predicted molar refractivity (Wildman–Crippen MR) is 80.7 cm³/mol. The first-order valence-corrected chi connectivity index (χ1v) is 7.64. The van der Waals surface area contributed by atoms with Gasteiger partial charge in [-0.05, 0) is 38.7 Å². The van der Waals surface area contributed by atoms with Crippen molar-refractivity contribution in [1.29, 1.82) is 0 Å². The van der Waals surface area contributed by atoms with E-state index >= 15 is 0 Å². The molecule has 0 aromatic heterocycles. The highest BCUT2D eigenvalue weighted by Crippen LogP contribution is 2.26. The highest BCUT2D eigenvalue weighted by molar-refractivity contribution is 5.87. The zero-order chi connectivity index (χ0) is 16.0. The summed E-state index contributed by atoms with van der Waals surface area (Å²) in [6, 6.07) is 0.0176. The van der Waals surface area contributed by atoms with Gasteiger partial charge in [0.1, 0.15) is 6.10 Å². The molecule has 1 fully saturated rings. The fraction of sp³-hybridized carbons (Fsp3) is 0.750. The van der Waals surface area contributed by atoms with Gasteiger partial charge in [0.15, 0.2) is 0 Å². The molecule has 0 aromatic rings. The predicted octanol–water partition coefficient (Wildman–Crippen LogP) is 2.20. The molecule has 0 bridgehead atoms.